The van der Waals surface area contributed by atoms with Gasteiger partial charge in [0.1, 0.15) is 12.3 Å². The Bertz CT molecular complexity index is 642. The van der Waals surface area contributed by atoms with Gasteiger partial charge in [0, 0.05) is 18.6 Å². The van der Waals surface area contributed by atoms with Gasteiger partial charge in [-0.2, -0.15) is 0 Å². The Hall–Kier alpha value is -1.73. The van der Waals surface area contributed by atoms with Crippen molar-refractivity contribution >= 4 is 24.2 Å². The molecule has 0 amide bonds. The average Bonchev–Trinajstić information content (AvgIpc) is 2.66. The van der Waals surface area contributed by atoms with Gasteiger partial charge < -0.3 is 23.7 Å². The molecule has 0 bridgehead atoms. The zero-order valence-electron chi connectivity index (χ0n) is 14.4. The molecule has 0 spiro atoms. The van der Waals surface area contributed by atoms with Crippen LogP contribution in [0.15, 0.2) is 12.1 Å². The number of ether oxygens (including phenoxy) is 2. The fraction of sp³-hybridized carbons (Fsp3) is 0.562. The Kier molecular flexibility index (Phi) is 3.61. The first-order valence-corrected chi connectivity index (χ1v) is 7.64. The predicted octanol–water partition coefficient (Wildman–Crippen LogP) is 1.35. The second kappa shape index (κ2) is 5.14. The van der Waals surface area contributed by atoms with Crippen LogP contribution in [0.2, 0.25) is 0 Å². The van der Waals surface area contributed by atoms with Gasteiger partial charge in [-0.1, -0.05) is 0 Å². The summed E-state index contributed by atoms with van der Waals surface area (Å²) in [6.07, 6.45) is 0. The predicted molar refractivity (Wildman–Crippen MR) is 87.6 cm³/mol. The molecule has 0 aromatic heterocycles. The number of nitrogens with zero attached hydrogens (tertiary/aromatic N) is 1. The Morgan fingerprint density at radius 2 is 1.78 bits per heavy atom. The van der Waals surface area contributed by atoms with Crippen LogP contribution in [0.3, 0.4) is 0 Å². The zero-order chi connectivity index (χ0) is 17.0. The van der Waals surface area contributed by atoms with Gasteiger partial charge in [0.2, 0.25) is 0 Å². The number of methoxy groups -OCH3 is 1. The summed E-state index contributed by atoms with van der Waals surface area (Å²) >= 11 is 0. The molecule has 23 heavy (non-hydrogen) atoms. The van der Waals surface area contributed by atoms with Gasteiger partial charge >= 0.3 is 13.1 Å². The highest BCUT2D eigenvalue weighted by Gasteiger charge is 2.52. The fourth-order valence-corrected chi connectivity index (χ4v) is 2.71. The van der Waals surface area contributed by atoms with Crippen LogP contribution in [-0.4, -0.2) is 45.0 Å². The molecule has 3 rings (SSSR count). The van der Waals surface area contributed by atoms with Crippen LogP contribution in [0.1, 0.15) is 27.7 Å². The number of esters is 1. The Labute approximate surface area is 136 Å². The molecule has 0 saturated carbocycles. The first-order chi connectivity index (χ1) is 10.6. The second-order valence-electron chi connectivity index (χ2n) is 6.98. The number of hydrogen-bond donors (Lipinski definition) is 0. The molecule has 1 saturated heterocycles. The molecule has 7 heteroatoms. The van der Waals surface area contributed by atoms with E-state index >= 15 is 0 Å². The highest BCUT2D eigenvalue weighted by molar-refractivity contribution is 6.63. The van der Waals surface area contributed by atoms with E-state index in [4.69, 9.17) is 18.8 Å². The number of benzene rings is 1. The zero-order valence-corrected chi connectivity index (χ0v) is 14.4. The fourth-order valence-electron chi connectivity index (χ4n) is 2.71. The van der Waals surface area contributed by atoms with Gasteiger partial charge in [-0.15, -0.1) is 0 Å². The molecular formula is C16H22BNO5. The van der Waals surface area contributed by atoms with Crippen molar-refractivity contribution in [1.29, 1.82) is 0 Å². The van der Waals surface area contributed by atoms with Crippen molar-refractivity contribution < 1.29 is 23.6 Å². The number of hydrogen-bond acceptors (Lipinski definition) is 6. The third-order valence-corrected chi connectivity index (χ3v) is 4.82. The summed E-state index contributed by atoms with van der Waals surface area (Å²) in [7, 11) is 2.87. The molecule has 2 heterocycles. The summed E-state index contributed by atoms with van der Waals surface area (Å²) in [6, 6.07) is 3.62. The number of carbonyl (C=O) groups is 1. The van der Waals surface area contributed by atoms with Crippen LogP contribution in [0.5, 0.6) is 11.5 Å². The lowest BCUT2D eigenvalue weighted by molar-refractivity contribution is -0.133. The van der Waals surface area contributed by atoms with Crippen LogP contribution in [0, 0.1) is 0 Å². The van der Waals surface area contributed by atoms with Crippen molar-refractivity contribution in [2.75, 3.05) is 25.6 Å². The van der Waals surface area contributed by atoms with Gasteiger partial charge in [0.05, 0.1) is 24.0 Å². The van der Waals surface area contributed by atoms with E-state index in [1.165, 1.54) is 0 Å². The molecule has 0 unspecified atom stereocenters. The van der Waals surface area contributed by atoms with Crippen molar-refractivity contribution in [3.05, 3.63) is 12.1 Å². The highest BCUT2D eigenvalue weighted by atomic mass is 16.7. The molecule has 0 aliphatic carbocycles. The SMILES string of the molecule is COc1cc2c(cc1B1OC(C)(C)C(C)(C)O1)OC(=O)CN2C. The molecular weight excluding hydrogens is 297 g/mol. The van der Waals surface area contributed by atoms with Crippen molar-refractivity contribution in [2.45, 2.75) is 38.9 Å². The van der Waals surface area contributed by atoms with Gasteiger partial charge in [-0.25, -0.2) is 4.79 Å². The number of likely N-dealkylation sites (N-methyl/N-ethyl adjacent to an activating group) is 1. The minimum atomic E-state index is -0.578. The first kappa shape index (κ1) is 16.1. The second-order valence-corrected chi connectivity index (χ2v) is 6.98. The standard InChI is InChI=1S/C16H22BNO5/c1-15(2)16(3,4)23-17(22-15)10-7-13-11(8-12(10)20-6)18(5)9-14(19)21-13/h7-8H,9H2,1-6H3. The summed E-state index contributed by atoms with van der Waals surface area (Å²) in [4.78, 5) is 13.5. The van der Waals surface area contributed by atoms with E-state index < -0.39 is 18.3 Å². The third-order valence-electron chi connectivity index (χ3n) is 4.82. The maximum Gasteiger partial charge on any atom is 0.498 e. The van der Waals surface area contributed by atoms with E-state index in [9.17, 15) is 4.79 Å². The van der Waals surface area contributed by atoms with Gasteiger partial charge in [-0.05, 0) is 33.8 Å². The third kappa shape index (κ3) is 2.58. The van der Waals surface area contributed by atoms with Crippen LogP contribution >= 0.6 is 0 Å². The summed E-state index contributed by atoms with van der Waals surface area (Å²) in [5, 5.41) is 0. The minimum Gasteiger partial charge on any atom is -0.497 e. The number of fused-ring (bicyclic) bond motifs is 1. The average molecular weight is 319 g/mol. The molecule has 6 nitrogen and oxygen atoms in total. The summed E-state index contributed by atoms with van der Waals surface area (Å²) in [5.74, 6) is 0.853. The van der Waals surface area contributed by atoms with E-state index in [1.54, 1.807) is 13.2 Å². The van der Waals surface area contributed by atoms with Crippen molar-refractivity contribution in [3.63, 3.8) is 0 Å². The number of anilines is 1. The van der Waals surface area contributed by atoms with Crippen molar-refractivity contribution in [2.24, 2.45) is 0 Å². The topological polar surface area (TPSA) is 57.2 Å². The van der Waals surface area contributed by atoms with Crippen molar-refractivity contribution in [3.8, 4) is 11.5 Å². The lowest BCUT2D eigenvalue weighted by Crippen LogP contribution is -2.41. The molecule has 1 aromatic carbocycles. The first-order valence-electron chi connectivity index (χ1n) is 7.64. The van der Waals surface area contributed by atoms with Gasteiger partial charge in [0.15, 0.2) is 5.75 Å². The van der Waals surface area contributed by atoms with E-state index in [1.807, 2.05) is 45.7 Å². The van der Waals surface area contributed by atoms with E-state index in [0.29, 0.717) is 17.0 Å². The number of carbonyl (C=O) groups excluding carboxylic acids is 1. The molecule has 0 atom stereocenters. The molecule has 1 fully saturated rings. The van der Waals surface area contributed by atoms with Crippen molar-refractivity contribution in [1.82, 2.24) is 0 Å². The van der Waals surface area contributed by atoms with E-state index in [-0.39, 0.29) is 12.5 Å². The highest BCUT2D eigenvalue weighted by Crippen LogP contribution is 2.39. The smallest absolute Gasteiger partial charge is 0.497 e. The van der Waals surface area contributed by atoms with Crippen LogP contribution in [0.25, 0.3) is 0 Å². The lowest BCUT2D eigenvalue weighted by Gasteiger charge is -2.32. The van der Waals surface area contributed by atoms with E-state index in [2.05, 4.69) is 0 Å². The van der Waals surface area contributed by atoms with E-state index in [0.717, 1.165) is 5.69 Å². The van der Waals surface area contributed by atoms with Crippen LogP contribution < -0.4 is 19.8 Å². The van der Waals surface area contributed by atoms with Crippen LogP contribution in [-0.2, 0) is 14.1 Å². The summed E-state index contributed by atoms with van der Waals surface area (Å²) in [5.41, 5.74) is 0.618. The van der Waals surface area contributed by atoms with Gasteiger partial charge in [0.25, 0.3) is 0 Å². The summed E-state index contributed by atoms with van der Waals surface area (Å²) < 4.78 is 23.0. The van der Waals surface area contributed by atoms with Crippen LogP contribution in [0.4, 0.5) is 5.69 Å². The Balaban J connectivity index is 2.04. The maximum atomic E-state index is 11.7. The number of rotatable bonds is 2. The molecule has 2 aliphatic rings. The lowest BCUT2D eigenvalue weighted by atomic mass is 9.78. The molecule has 2 aliphatic heterocycles. The largest absolute Gasteiger partial charge is 0.498 e. The normalized spacial score (nSPS) is 21.9. The molecule has 1 aromatic rings. The Morgan fingerprint density at radius 1 is 1.17 bits per heavy atom. The summed E-state index contributed by atoms with van der Waals surface area (Å²) in [6.45, 7) is 8.18. The molecule has 124 valence electrons. The van der Waals surface area contributed by atoms with Gasteiger partial charge in [-0.3, -0.25) is 0 Å². The Morgan fingerprint density at radius 3 is 2.35 bits per heavy atom. The monoisotopic (exact) mass is 319 g/mol. The minimum absolute atomic E-state index is 0.214. The quantitative estimate of drug-likeness (QED) is 0.466. The maximum absolute atomic E-state index is 11.7. The molecule has 0 N–H and O–H groups in total. The molecule has 0 radical (unpaired) electrons.